The number of nitrogens with zero attached hydrogens (tertiary/aromatic N) is 1. The fraction of sp³-hybridized carbons (Fsp3) is 0.417. The second-order valence-corrected chi connectivity index (χ2v) is 4.23. The van der Waals surface area contributed by atoms with Crippen LogP contribution in [0.25, 0.3) is 0 Å². The molecule has 0 aliphatic heterocycles. The van der Waals surface area contributed by atoms with Crippen LogP contribution in [-0.4, -0.2) is 19.1 Å². The van der Waals surface area contributed by atoms with Gasteiger partial charge in [0.05, 0.1) is 0 Å². The van der Waals surface area contributed by atoms with Crippen LogP contribution in [-0.2, 0) is 0 Å². The van der Waals surface area contributed by atoms with Gasteiger partial charge in [0.25, 0.3) is 0 Å². The molecule has 2 rings (SSSR count). The van der Waals surface area contributed by atoms with Crippen molar-refractivity contribution in [1.82, 2.24) is 5.32 Å². The molecule has 0 heterocycles. The van der Waals surface area contributed by atoms with Crippen LogP contribution >= 0.6 is 0 Å². The summed E-state index contributed by atoms with van der Waals surface area (Å²) in [6.07, 6.45) is 3.40. The Kier molecular flexibility index (Phi) is 2.99. The van der Waals surface area contributed by atoms with Crippen LogP contribution < -0.4 is 16.0 Å². The number of nitrogens with two attached hydrogens (primary N) is 1. The molecule has 0 aromatic heterocycles. The van der Waals surface area contributed by atoms with Crippen molar-refractivity contribution in [3.63, 3.8) is 0 Å². The lowest BCUT2D eigenvalue weighted by atomic mass is 9.93. The first-order valence-corrected chi connectivity index (χ1v) is 5.56. The van der Waals surface area contributed by atoms with Crippen molar-refractivity contribution in [3.8, 4) is 0 Å². The monoisotopic (exact) mass is 219 g/mol. The van der Waals surface area contributed by atoms with Crippen molar-refractivity contribution in [2.45, 2.75) is 25.3 Å². The van der Waals surface area contributed by atoms with Gasteiger partial charge in [-0.05, 0) is 37.5 Å². The van der Waals surface area contributed by atoms with Crippen LogP contribution in [0.3, 0.4) is 0 Å². The molecule has 0 unspecified atom stereocenters. The molecular weight excluding hydrogens is 202 g/mol. The average molecular weight is 219 g/mol. The Hall–Kier alpha value is -1.71. The lowest BCUT2D eigenvalue weighted by Gasteiger charge is -2.29. The Bertz CT molecular complexity index is 388. The van der Waals surface area contributed by atoms with Crippen molar-refractivity contribution < 1.29 is 4.79 Å². The van der Waals surface area contributed by atoms with E-state index in [0.717, 1.165) is 18.5 Å². The van der Waals surface area contributed by atoms with E-state index >= 15 is 0 Å². The predicted molar refractivity (Wildman–Crippen MR) is 65.4 cm³/mol. The summed E-state index contributed by atoms with van der Waals surface area (Å²) in [7, 11) is 1.75. The van der Waals surface area contributed by atoms with E-state index in [2.05, 4.69) is 5.32 Å². The van der Waals surface area contributed by atoms with Gasteiger partial charge in [-0.1, -0.05) is 6.07 Å². The Morgan fingerprint density at radius 3 is 2.81 bits per heavy atom. The van der Waals surface area contributed by atoms with E-state index in [4.69, 9.17) is 5.73 Å². The summed E-state index contributed by atoms with van der Waals surface area (Å²) in [5.74, 6) is 0. The number of anilines is 2. The fourth-order valence-corrected chi connectivity index (χ4v) is 1.67. The Morgan fingerprint density at radius 1 is 1.50 bits per heavy atom. The fourth-order valence-electron chi connectivity index (χ4n) is 1.67. The highest BCUT2D eigenvalue weighted by Crippen LogP contribution is 2.20. The zero-order valence-corrected chi connectivity index (χ0v) is 9.44. The van der Waals surface area contributed by atoms with Gasteiger partial charge in [-0.25, -0.2) is 4.79 Å². The first kappa shape index (κ1) is 10.8. The van der Waals surface area contributed by atoms with Gasteiger partial charge in [0, 0.05) is 24.5 Å². The second-order valence-electron chi connectivity index (χ2n) is 4.23. The largest absolute Gasteiger partial charge is 0.399 e. The SMILES string of the molecule is CN(C(=O)NC1CCC1)c1cccc(N)c1. The zero-order chi connectivity index (χ0) is 11.5. The summed E-state index contributed by atoms with van der Waals surface area (Å²) < 4.78 is 0. The van der Waals surface area contributed by atoms with Crippen molar-refractivity contribution in [2.24, 2.45) is 0 Å². The lowest BCUT2D eigenvalue weighted by molar-refractivity contribution is 0.235. The standard InChI is InChI=1S/C12H17N3O/c1-15(11-7-2-4-9(13)8-11)12(16)14-10-5-3-6-10/h2,4,7-8,10H,3,5-6,13H2,1H3,(H,14,16). The number of hydrogen-bond acceptors (Lipinski definition) is 2. The van der Waals surface area contributed by atoms with Gasteiger partial charge >= 0.3 is 6.03 Å². The average Bonchev–Trinajstić information content (AvgIpc) is 2.22. The molecule has 4 heteroatoms. The zero-order valence-electron chi connectivity index (χ0n) is 9.44. The number of amides is 2. The molecule has 0 spiro atoms. The van der Waals surface area contributed by atoms with Crippen LogP contribution in [0.4, 0.5) is 16.2 Å². The number of carbonyl (C=O) groups excluding carboxylic acids is 1. The molecule has 4 nitrogen and oxygen atoms in total. The second kappa shape index (κ2) is 4.43. The molecule has 0 radical (unpaired) electrons. The van der Waals surface area contributed by atoms with Crippen LogP contribution in [0.5, 0.6) is 0 Å². The molecule has 1 saturated carbocycles. The highest BCUT2D eigenvalue weighted by atomic mass is 16.2. The predicted octanol–water partition coefficient (Wildman–Crippen LogP) is 1.97. The molecule has 16 heavy (non-hydrogen) atoms. The summed E-state index contributed by atoms with van der Waals surface area (Å²) in [5.41, 5.74) is 7.16. The molecular formula is C12H17N3O. The van der Waals surface area contributed by atoms with Crippen molar-refractivity contribution in [2.75, 3.05) is 17.7 Å². The van der Waals surface area contributed by atoms with Gasteiger partial charge in [-0.3, -0.25) is 4.90 Å². The Labute approximate surface area is 95.4 Å². The molecule has 1 aromatic carbocycles. The molecule has 3 N–H and O–H groups in total. The minimum atomic E-state index is -0.0599. The van der Waals surface area contributed by atoms with Crippen LogP contribution in [0, 0.1) is 0 Å². The van der Waals surface area contributed by atoms with E-state index in [9.17, 15) is 4.79 Å². The van der Waals surface area contributed by atoms with Gasteiger partial charge in [0.15, 0.2) is 0 Å². The normalized spacial score (nSPS) is 15.3. The summed E-state index contributed by atoms with van der Waals surface area (Å²) in [4.78, 5) is 13.4. The molecule has 2 amide bonds. The molecule has 1 aliphatic carbocycles. The molecule has 86 valence electrons. The molecule has 1 fully saturated rings. The number of urea groups is 1. The van der Waals surface area contributed by atoms with E-state index in [-0.39, 0.29) is 6.03 Å². The van der Waals surface area contributed by atoms with Gasteiger partial charge < -0.3 is 11.1 Å². The molecule has 1 aliphatic rings. The molecule has 0 atom stereocenters. The Morgan fingerprint density at radius 2 is 2.25 bits per heavy atom. The van der Waals surface area contributed by atoms with Crippen LogP contribution in [0.15, 0.2) is 24.3 Å². The van der Waals surface area contributed by atoms with Crippen LogP contribution in [0.2, 0.25) is 0 Å². The van der Waals surface area contributed by atoms with Crippen LogP contribution in [0.1, 0.15) is 19.3 Å². The van der Waals surface area contributed by atoms with E-state index in [0.29, 0.717) is 11.7 Å². The topological polar surface area (TPSA) is 58.4 Å². The van der Waals surface area contributed by atoms with Gasteiger partial charge in [-0.15, -0.1) is 0 Å². The van der Waals surface area contributed by atoms with Gasteiger partial charge in [-0.2, -0.15) is 0 Å². The number of carbonyl (C=O) groups is 1. The number of hydrogen-bond donors (Lipinski definition) is 2. The summed E-state index contributed by atoms with van der Waals surface area (Å²) >= 11 is 0. The highest BCUT2D eigenvalue weighted by molar-refractivity contribution is 5.92. The maximum atomic E-state index is 11.8. The molecule has 0 saturated heterocycles. The van der Waals surface area contributed by atoms with E-state index in [1.807, 2.05) is 12.1 Å². The first-order valence-electron chi connectivity index (χ1n) is 5.56. The Balaban J connectivity index is 2.00. The summed E-state index contributed by atoms with van der Waals surface area (Å²) in [6.45, 7) is 0. The molecule has 1 aromatic rings. The van der Waals surface area contributed by atoms with Gasteiger partial charge in [0.2, 0.25) is 0 Å². The summed E-state index contributed by atoms with van der Waals surface area (Å²) in [6, 6.07) is 7.61. The third-order valence-corrected chi connectivity index (χ3v) is 2.99. The third kappa shape index (κ3) is 2.27. The number of nitrogen functional groups attached to an aromatic ring is 1. The number of nitrogens with one attached hydrogen (secondary N) is 1. The minimum Gasteiger partial charge on any atom is -0.399 e. The van der Waals surface area contributed by atoms with E-state index < -0.39 is 0 Å². The highest BCUT2D eigenvalue weighted by Gasteiger charge is 2.21. The number of benzene rings is 1. The number of rotatable bonds is 2. The minimum absolute atomic E-state index is 0.0599. The lowest BCUT2D eigenvalue weighted by Crippen LogP contribution is -2.46. The summed E-state index contributed by atoms with van der Waals surface area (Å²) in [5, 5.41) is 2.98. The van der Waals surface area contributed by atoms with Crippen molar-refractivity contribution >= 4 is 17.4 Å². The van der Waals surface area contributed by atoms with E-state index in [1.165, 1.54) is 6.42 Å². The smallest absolute Gasteiger partial charge is 0.321 e. The molecule has 0 bridgehead atoms. The van der Waals surface area contributed by atoms with Crippen molar-refractivity contribution in [1.29, 1.82) is 0 Å². The van der Waals surface area contributed by atoms with Gasteiger partial charge in [0.1, 0.15) is 0 Å². The van der Waals surface area contributed by atoms with E-state index in [1.54, 1.807) is 24.1 Å². The maximum Gasteiger partial charge on any atom is 0.321 e. The van der Waals surface area contributed by atoms with Crippen molar-refractivity contribution in [3.05, 3.63) is 24.3 Å². The third-order valence-electron chi connectivity index (χ3n) is 2.99. The maximum absolute atomic E-state index is 11.8. The quantitative estimate of drug-likeness (QED) is 0.747. The first-order chi connectivity index (χ1) is 7.66.